The number of methoxy groups -OCH3 is 1. The zero-order chi connectivity index (χ0) is 18.7. The average molecular weight is 370 g/mol. The Kier molecular flexibility index (Phi) is 5.28. The van der Waals surface area contributed by atoms with Crippen LogP contribution in [0.4, 0.5) is 5.69 Å². The Labute approximate surface area is 157 Å². The zero-order valence-electron chi connectivity index (χ0n) is 14.9. The van der Waals surface area contributed by atoms with Crippen molar-refractivity contribution in [2.75, 3.05) is 19.0 Å². The van der Waals surface area contributed by atoms with Gasteiger partial charge in [-0.05, 0) is 30.3 Å². The number of rotatable bonds is 2. The third-order valence-corrected chi connectivity index (χ3v) is 4.22. The molecule has 6 heteroatoms. The number of benzene rings is 2. The van der Waals surface area contributed by atoms with Crippen molar-refractivity contribution in [3.8, 4) is 5.75 Å². The van der Waals surface area contributed by atoms with Crippen molar-refractivity contribution in [1.82, 2.24) is 4.98 Å². The maximum atomic E-state index is 12.1. The Balaban J connectivity index is 0.000000948. The summed E-state index contributed by atoms with van der Waals surface area (Å²) in [5, 5.41) is 4.40. The van der Waals surface area contributed by atoms with Gasteiger partial charge in [0.1, 0.15) is 12.3 Å². The van der Waals surface area contributed by atoms with E-state index in [9.17, 15) is 4.79 Å². The van der Waals surface area contributed by atoms with E-state index in [1.165, 1.54) is 0 Å². The fourth-order valence-electron chi connectivity index (χ4n) is 2.89. The molecule has 0 spiro atoms. The number of carbonyl (C=O) groups is 1. The molecule has 2 heterocycles. The molecule has 0 unspecified atom stereocenters. The summed E-state index contributed by atoms with van der Waals surface area (Å²) in [6, 6.07) is 13.1. The van der Waals surface area contributed by atoms with E-state index in [1.807, 2.05) is 56.3 Å². The van der Waals surface area contributed by atoms with Crippen molar-refractivity contribution >= 4 is 39.8 Å². The van der Waals surface area contributed by atoms with Gasteiger partial charge in [0, 0.05) is 21.5 Å². The number of hydrogen-bond acceptors (Lipinski definition) is 3. The van der Waals surface area contributed by atoms with Gasteiger partial charge < -0.3 is 15.0 Å². The van der Waals surface area contributed by atoms with Gasteiger partial charge in [0.05, 0.1) is 24.2 Å². The number of ether oxygens (including phenoxy) is 1. The Morgan fingerprint density at radius 3 is 2.73 bits per heavy atom. The SMILES string of the molecule is CC.COc1cccc(C2=NCC(=O)Nc3c2[nH]c2ccc(Cl)cc32)c1. The Morgan fingerprint density at radius 2 is 1.96 bits per heavy atom. The summed E-state index contributed by atoms with van der Waals surface area (Å²) in [4.78, 5) is 19.9. The van der Waals surface area contributed by atoms with Gasteiger partial charge >= 0.3 is 0 Å². The van der Waals surface area contributed by atoms with E-state index in [-0.39, 0.29) is 12.5 Å². The number of aromatic amines is 1. The highest BCUT2D eigenvalue weighted by atomic mass is 35.5. The van der Waals surface area contributed by atoms with E-state index in [2.05, 4.69) is 15.3 Å². The quantitative estimate of drug-likeness (QED) is 0.690. The first-order chi connectivity index (χ1) is 12.7. The summed E-state index contributed by atoms with van der Waals surface area (Å²) >= 11 is 6.11. The van der Waals surface area contributed by atoms with Gasteiger partial charge in [-0.2, -0.15) is 0 Å². The largest absolute Gasteiger partial charge is 0.497 e. The number of fused-ring (bicyclic) bond motifs is 3. The second kappa shape index (κ2) is 7.62. The van der Waals surface area contributed by atoms with Crippen LogP contribution in [0.1, 0.15) is 25.1 Å². The molecular weight excluding hydrogens is 350 g/mol. The number of aromatic nitrogens is 1. The van der Waals surface area contributed by atoms with Gasteiger partial charge in [0.2, 0.25) is 5.91 Å². The molecule has 134 valence electrons. The van der Waals surface area contributed by atoms with Crippen LogP contribution in [-0.2, 0) is 4.79 Å². The van der Waals surface area contributed by atoms with E-state index in [1.54, 1.807) is 7.11 Å². The third-order valence-electron chi connectivity index (χ3n) is 3.99. The normalized spacial score (nSPS) is 13.1. The first-order valence-electron chi connectivity index (χ1n) is 8.46. The summed E-state index contributed by atoms with van der Waals surface area (Å²) < 4.78 is 5.30. The molecule has 0 fully saturated rings. The van der Waals surface area contributed by atoms with Crippen LogP contribution in [0, 0.1) is 0 Å². The minimum Gasteiger partial charge on any atom is -0.497 e. The second-order valence-electron chi connectivity index (χ2n) is 5.51. The molecular formula is C20H20ClN3O2. The minimum absolute atomic E-state index is 0.0666. The molecule has 1 aliphatic rings. The number of aliphatic imine (C=N–C) groups is 1. The molecule has 3 aromatic rings. The molecule has 5 nitrogen and oxygen atoms in total. The number of H-pyrrole nitrogens is 1. The second-order valence-corrected chi connectivity index (χ2v) is 5.95. The summed E-state index contributed by atoms with van der Waals surface area (Å²) in [5.74, 6) is 0.578. The van der Waals surface area contributed by atoms with Crippen molar-refractivity contribution in [2.45, 2.75) is 13.8 Å². The predicted octanol–water partition coefficient (Wildman–Crippen LogP) is 4.65. The smallest absolute Gasteiger partial charge is 0.246 e. The van der Waals surface area contributed by atoms with Gasteiger partial charge in [0.25, 0.3) is 0 Å². The molecule has 0 saturated carbocycles. The third kappa shape index (κ3) is 3.30. The van der Waals surface area contributed by atoms with E-state index in [0.29, 0.717) is 10.7 Å². The fraction of sp³-hybridized carbons (Fsp3) is 0.200. The predicted molar refractivity (Wildman–Crippen MR) is 107 cm³/mol. The number of hydrogen-bond donors (Lipinski definition) is 2. The number of halogens is 1. The standard InChI is InChI=1S/C18H14ClN3O2.C2H6/c1-24-12-4-2-3-10(7-12)16-18-17(22-15(23)9-20-16)13-8-11(19)5-6-14(13)21-18;1-2/h2-8,21H,9H2,1H3,(H,22,23);1-2H3. The number of anilines is 1. The molecule has 1 aromatic heterocycles. The molecule has 26 heavy (non-hydrogen) atoms. The average Bonchev–Trinajstić information content (AvgIpc) is 2.92. The highest BCUT2D eigenvalue weighted by molar-refractivity contribution is 6.32. The Bertz CT molecular complexity index is 992. The van der Waals surface area contributed by atoms with E-state index in [0.717, 1.165) is 33.6 Å². The number of amides is 1. The summed E-state index contributed by atoms with van der Waals surface area (Å²) in [6.45, 7) is 4.07. The topological polar surface area (TPSA) is 66.5 Å². The molecule has 2 N–H and O–H groups in total. The van der Waals surface area contributed by atoms with E-state index < -0.39 is 0 Å². The molecule has 1 aliphatic heterocycles. The van der Waals surface area contributed by atoms with Crippen LogP contribution in [0.3, 0.4) is 0 Å². The lowest BCUT2D eigenvalue weighted by Crippen LogP contribution is -2.13. The lowest BCUT2D eigenvalue weighted by Gasteiger charge is -2.07. The van der Waals surface area contributed by atoms with Crippen molar-refractivity contribution in [1.29, 1.82) is 0 Å². The van der Waals surface area contributed by atoms with E-state index in [4.69, 9.17) is 16.3 Å². The van der Waals surface area contributed by atoms with Gasteiger partial charge in [-0.1, -0.05) is 37.6 Å². The molecule has 0 aliphatic carbocycles. The fourth-order valence-corrected chi connectivity index (χ4v) is 3.06. The van der Waals surface area contributed by atoms with Crippen molar-refractivity contribution < 1.29 is 9.53 Å². The summed E-state index contributed by atoms with van der Waals surface area (Å²) in [5.41, 5.74) is 3.96. The molecule has 1 amide bonds. The van der Waals surface area contributed by atoms with Gasteiger partial charge in [-0.25, -0.2) is 0 Å². The number of carbonyl (C=O) groups excluding carboxylic acids is 1. The van der Waals surface area contributed by atoms with Crippen molar-refractivity contribution in [3.63, 3.8) is 0 Å². The lowest BCUT2D eigenvalue weighted by molar-refractivity contribution is -0.114. The van der Waals surface area contributed by atoms with Crippen molar-refractivity contribution in [3.05, 3.63) is 58.7 Å². The number of nitrogens with one attached hydrogen (secondary N) is 2. The van der Waals surface area contributed by atoms with Crippen LogP contribution in [0.25, 0.3) is 10.9 Å². The van der Waals surface area contributed by atoms with Crippen molar-refractivity contribution in [2.24, 2.45) is 4.99 Å². The summed E-state index contributed by atoms with van der Waals surface area (Å²) in [6.07, 6.45) is 0. The lowest BCUT2D eigenvalue weighted by atomic mass is 10.1. The van der Waals surface area contributed by atoms with Crippen LogP contribution in [0.5, 0.6) is 5.75 Å². The molecule has 0 radical (unpaired) electrons. The monoisotopic (exact) mass is 369 g/mol. The van der Waals surface area contributed by atoms with E-state index >= 15 is 0 Å². The first-order valence-corrected chi connectivity index (χ1v) is 8.84. The molecule has 0 atom stereocenters. The maximum absolute atomic E-state index is 12.1. The molecule has 4 rings (SSSR count). The summed E-state index contributed by atoms with van der Waals surface area (Å²) in [7, 11) is 1.62. The van der Waals surface area contributed by atoms with Gasteiger partial charge in [0.15, 0.2) is 0 Å². The zero-order valence-corrected chi connectivity index (χ0v) is 15.6. The maximum Gasteiger partial charge on any atom is 0.246 e. The number of nitrogens with zero attached hydrogens (tertiary/aromatic N) is 1. The minimum atomic E-state index is -0.157. The molecule has 0 bridgehead atoms. The highest BCUT2D eigenvalue weighted by Crippen LogP contribution is 2.33. The Morgan fingerprint density at radius 1 is 1.15 bits per heavy atom. The van der Waals surface area contributed by atoms with Crippen LogP contribution < -0.4 is 10.1 Å². The Hall–Kier alpha value is -2.79. The first kappa shape index (κ1) is 18.0. The van der Waals surface area contributed by atoms with Gasteiger partial charge in [-0.15, -0.1) is 0 Å². The van der Waals surface area contributed by atoms with Crippen LogP contribution in [0.2, 0.25) is 5.02 Å². The van der Waals surface area contributed by atoms with Gasteiger partial charge in [-0.3, -0.25) is 9.79 Å². The van der Waals surface area contributed by atoms with Crippen LogP contribution in [0.15, 0.2) is 47.5 Å². The van der Waals surface area contributed by atoms with Crippen LogP contribution >= 0.6 is 11.6 Å². The molecule has 2 aromatic carbocycles. The van der Waals surface area contributed by atoms with Crippen LogP contribution in [-0.4, -0.2) is 30.3 Å². The molecule has 0 saturated heterocycles. The highest BCUT2D eigenvalue weighted by Gasteiger charge is 2.22.